The second-order valence-electron chi connectivity index (χ2n) is 4.24. The number of benzene rings is 2. The van der Waals surface area contributed by atoms with Crippen LogP contribution < -0.4 is 11.3 Å². The van der Waals surface area contributed by atoms with Gasteiger partial charge in [-0.15, -0.1) is 0 Å². The van der Waals surface area contributed by atoms with E-state index < -0.39 is 11.9 Å². The fourth-order valence-electron chi connectivity index (χ4n) is 1.98. The van der Waals surface area contributed by atoms with Crippen LogP contribution in [0, 0.1) is 12.7 Å². The highest BCUT2D eigenvalue weighted by molar-refractivity contribution is 6.32. The van der Waals surface area contributed by atoms with E-state index >= 15 is 0 Å². The Morgan fingerprint density at radius 2 is 1.89 bits per heavy atom. The van der Waals surface area contributed by atoms with Crippen LogP contribution in [-0.2, 0) is 0 Å². The minimum absolute atomic E-state index is 0.340. The van der Waals surface area contributed by atoms with Gasteiger partial charge in [-0.05, 0) is 30.2 Å². The minimum atomic E-state index is -0.523. The number of nitrogens with two attached hydrogens (primary N) is 1. The van der Waals surface area contributed by atoms with Crippen molar-refractivity contribution in [3.63, 3.8) is 0 Å². The largest absolute Gasteiger partial charge is 0.271 e. The van der Waals surface area contributed by atoms with Gasteiger partial charge in [-0.25, -0.2) is 9.82 Å². The highest BCUT2D eigenvalue weighted by atomic mass is 35.5. The number of hydrogen-bond donors (Lipinski definition) is 2. The van der Waals surface area contributed by atoms with Crippen molar-refractivity contribution < 1.29 is 4.39 Å². The summed E-state index contributed by atoms with van der Waals surface area (Å²) < 4.78 is 14.0. The lowest BCUT2D eigenvalue weighted by molar-refractivity contribution is 0.560. The molecule has 0 fully saturated rings. The molecule has 0 aromatic heterocycles. The highest BCUT2D eigenvalue weighted by Crippen LogP contribution is 2.31. The third-order valence-corrected chi connectivity index (χ3v) is 3.72. The molecule has 0 aliphatic heterocycles. The lowest BCUT2D eigenvalue weighted by Gasteiger charge is -2.19. The SMILES string of the molecule is Cc1cccc(C(NN)c2ccc(Cl)cc2F)c1Cl. The van der Waals surface area contributed by atoms with Gasteiger partial charge in [-0.1, -0.05) is 47.5 Å². The molecule has 0 heterocycles. The van der Waals surface area contributed by atoms with Gasteiger partial charge in [0.15, 0.2) is 0 Å². The fraction of sp³-hybridized carbons (Fsp3) is 0.143. The maximum Gasteiger partial charge on any atom is 0.129 e. The lowest BCUT2D eigenvalue weighted by Crippen LogP contribution is -2.29. The maximum absolute atomic E-state index is 14.0. The Bertz CT molecular complexity index is 602. The summed E-state index contributed by atoms with van der Waals surface area (Å²) in [4.78, 5) is 0. The van der Waals surface area contributed by atoms with Gasteiger partial charge >= 0.3 is 0 Å². The molecule has 0 bridgehead atoms. The molecular formula is C14H13Cl2FN2. The first kappa shape index (κ1) is 14.3. The van der Waals surface area contributed by atoms with Crippen LogP contribution in [0.25, 0.3) is 0 Å². The molecule has 0 saturated carbocycles. The summed E-state index contributed by atoms with van der Waals surface area (Å²) in [5, 5.41) is 0.909. The Hall–Kier alpha value is -1.13. The summed E-state index contributed by atoms with van der Waals surface area (Å²) in [5.74, 6) is 5.13. The number of nitrogens with one attached hydrogen (secondary N) is 1. The molecule has 0 spiro atoms. The quantitative estimate of drug-likeness (QED) is 0.664. The molecule has 0 aliphatic carbocycles. The van der Waals surface area contributed by atoms with Gasteiger partial charge in [-0.3, -0.25) is 5.84 Å². The van der Waals surface area contributed by atoms with Crippen LogP contribution in [0.5, 0.6) is 0 Å². The Morgan fingerprint density at radius 1 is 1.16 bits per heavy atom. The molecule has 1 unspecified atom stereocenters. The molecule has 1 atom stereocenters. The number of halogens is 3. The van der Waals surface area contributed by atoms with E-state index in [0.717, 1.165) is 11.1 Å². The van der Waals surface area contributed by atoms with Crippen molar-refractivity contribution in [2.24, 2.45) is 5.84 Å². The van der Waals surface area contributed by atoms with Gasteiger partial charge in [0.25, 0.3) is 0 Å². The molecule has 5 heteroatoms. The van der Waals surface area contributed by atoms with E-state index in [-0.39, 0.29) is 0 Å². The van der Waals surface area contributed by atoms with Gasteiger partial charge in [-0.2, -0.15) is 0 Å². The average Bonchev–Trinajstić information content (AvgIpc) is 2.37. The monoisotopic (exact) mass is 298 g/mol. The maximum atomic E-state index is 14.0. The van der Waals surface area contributed by atoms with Gasteiger partial charge in [0.2, 0.25) is 0 Å². The van der Waals surface area contributed by atoms with Crippen molar-refractivity contribution in [1.29, 1.82) is 0 Å². The van der Waals surface area contributed by atoms with Gasteiger partial charge < -0.3 is 0 Å². The molecule has 0 saturated heterocycles. The molecule has 100 valence electrons. The third kappa shape index (κ3) is 2.90. The van der Waals surface area contributed by atoms with Gasteiger partial charge in [0.1, 0.15) is 5.82 Å². The second-order valence-corrected chi connectivity index (χ2v) is 5.06. The van der Waals surface area contributed by atoms with Crippen molar-refractivity contribution >= 4 is 23.2 Å². The predicted octanol–water partition coefficient (Wildman–Crippen LogP) is 3.99. The first-order valence-electron chi connectivity index (χ1n) is 5.70. The number of aryl methyl sites for hydroxylation is 1. The average molecular weight is 299 g/mol. The molecule has 0 aliphatic rings. The number of hydrogen-bond acceptors (Lipinski definition) is 2. The van der Waals surface area contributed by atoms with Crippen LogP contribution in [0.4, 0.5) is 4.39 Å². The molecular weight excluding hydrogens is 286 g/mol. The van der Waals surface area contributed by atoms with E-state index in [9.17, 15) is 4.39 Å². The van der Waals surface area contributed by atoms with E-state index in [2.05, 4.69) is 5.43 Å². The third-order valence-electron chi connectivity index (χ3n) is 2.97. The van der Waals surface area contributed by atoms with Crippen LogP contribution in [0.15, 0.2) is 36.4 Å². The molecule has 2 aromatic rings. The van der Waals surface area contributed by atoms with Crippen LogP contribution >= 0.6 is 23.2 Å². The van der Waals surface area contributed by atoms with Crippen LogP contribution in [0.1, 0.15) is 22.7 Å². The van der Waals surface area contributed by atoms with E-state index in [4.69, 9.17) is 29.0 Å². The number of rotatable bonds is 3. The Balaban J connectivity index is 2.53. The molecule has 3 N–H and O–H groups in total. The molecule has 2 nitrogen and oxygen atoms in total. The molecule has 2 aromatic carbocycles. The van der Waals surface area contributed by atoms with Crippen molar-refractivity contribution in [2.75, 3.05) is 0 Å². The summed E-state index contributed by atoms with van der Waals surface area (Å²) in [7, 11) is 0. The molecule has 19 heavy (non-hydrogen) atoms. The van der Waals surface area contributed by atoms with E-state index in [1.165, 1.54) is 6.07 Å². The summed E-state index contributed by atoms with van der Waals surface area (Å²) in [6.45, 7) is 1.89. The van der Waals surface area contributed by atoms with Crippen molar-refractivity contribution in [3.05, 3.63) is 69.0 Å². The Kier molecular flexibility index (Phi) is 4.42. The lowest BCUT2D eigenvalue weighted by atomic mass is 9.97. The summed E-state index contributed by atoms with van der Waals surface area (Å²) in [6.07, 6.45) is 0. The summed E-state index contributed by atoms with van der Waals surface area (Å²) >= 11 is 12.0. The summed E-state index contributed by atoms with van der Waals surface area (Å²) in [5.41, 5.74) is 4.64. The zero-order valence-corrected chi connectivity index (χ0v) is 11.8. The van der Waals surface area contributed by atoms with E-state index in [1.54, 1.807) is 12.1 Å². The predicted molar refractivity (Wildman–Crippen MR) is 76.8 cm³/mol. The van der Waals surface area contributed by atoms with Crippen molar-refractivity contribution in [2.45, 2.75) is 13.0 Å². The standard InChI is InChI=1S/C14H13Cl2FN2/c1-8-3-2-4-11(13(8)16)14(19-18)10-6-5-9(15)7-12(10)17/h2-7,14,19H,18H2,1H3. The normalized spacial score (nSPS) is 12.5. The first-order valence-corrected chi connectivity index (χ1v) is 6.46. The molecule has 0 amide bonds. The van der Waals surface area contributed by atoms with Crippen molar-refractivity contribution in [3.8, 4) is 0 Å². The first-order chi connectivity index (χ1) is 9.04. The van der Waals surface area contributed by atoms with Crippen LogP contribution in [0.2, 0.25) is 10.0 Å². The highest BCUT2D eigenvalue weighted by Gasteiger charge is 2.19. The van der Waals surface area contributed by atoms with E-state index in [1.807, 2.05) is 25.1 Å². The van der Waals surface area contributed by atoms with E-state index in [0.29, 0.717) is 15.6 Å². The van der Waals surface area contributed by atoms with Crippen LogP contribution in [0.3, 0.4) is 0 Å². The zero-order valence-electron chi connectivity index (χ0n) is 10.3. The molecule has 2 rings (SSSR count). The van der Waals surface area contributed by atoms with Crippen LogP contribution in [-0.4, -0.2) is 0 Å². The Labute approximate surface area is 121 Å². The second kappa shape index (κ2) is 5.88. The summed E-state index contributed by atoms with van der Waals surface area (Å²) in [6, 6.07) is 9.50. The smallest absolute Gasteiger partial charge is 0.129 e. The van der Waals surface area contributed by atoms with Crippen molar-refractivity contribution in [1.82, 2.24) is 5.43 Å². The van der Waals surface area contributed by atoms with Gasteiger partial charge in [0.05, 0.1) is 6.04 Å². The fourth-order valence-corrected chi connectivity index (χ4v) is 2.37. The molecule has 0 radical (unpaired) electrons. The zero-order chi connectivity index (χ0) is 14.0. The Morgan fingerprint density at radius 3 is 2.53 bits per heavy atom. The minimum Gasteiger partial charge on any atom is -0.271 e. The van der Waals surface area contributed by atoms with Gasteiger partial charge in [0, 0.05) is 15.6 Å². The topological polar surface area (TPSA) is 38.0 Å². The number of hydrazine groups is 1.